The van der Waals surface area contributed by atoms with E-state index in [9.17, 15) is 0 Å². The molecule has 0 fully saturated rings. The minimum Gasteiger partial charge on any atom is -0.350 e. The molecule has 0 aliphatic rings. The molecule has 4 aromatic rings. The number of para-hydroxylation sites is 1. The Kier molecular flexibility index (Phi) is 6.67. The molecule has 0 atom stereocenters. The van der Waals surface area contributed by atoms with E-state index in [0.717, 1.165) is 16.8 Å². The van der Waals surface area contributed by atoms with Crippen LogP contribution in [-0.4, -0.2) is 21.2 Å². The first kappa shape index (κ1) is 20.3. The molecule has 0 saturated heterocycles. The van der Waals surface area contributed by atoms with Gasteiger partial charge in [0.1, 0.15) is 0 Å². The van der Waals surface area contributed by atoms with E-state index in [0.29, 0.717) is 29.4 Å². The molecule has 0 spiro atoms. The number of nitrogens with one attached hydrogen (secondary N) is 3. The van der Waals surface area contributed by atoms with Crippen molar-refractivity contribution >= 4 is 41.3 Å². The van der Waals surface area contributed by atoms with Crippen LogP contribution in [0.1, 0.15) is 11.1 Å². The van der Waals surface area contributed by atoms with E-state index >= 15 is 0 Å². The van der Waals surface area contributed by atoms with Gasteiger partial charge in [-0.1, -0.05) is 72.3 Å². The normalized spacial score (nSPS) is 10.7. The zero-order valence-electron chi connectivity index (χ0n) is 16.5. The van der Waals surface area contributed by atoms with Crippen molar-refractivity contribution in [2.75, 3.05) is 16.1 Å². The summed E-state index contributed by atoms with van der Waals surface area (Å²) in [7, 11) is 0. The number of nitrogens with zero attached hydrogens (tertiary/aromatic N) is 4. The van der Waals surface area contributed by atoms with Gasteiger partial charge in [0.25, 0.3) is 0 Å². The van der Waals surface area contributed by atoms with Gasteiger partial charge in [0, 0.05) is 17.3 Å². The molecule has 31 heavy (non-hydrogen) atoms. The summed E-state index contributed by atoms with van der Waals surface area (Å²) in [5.74, 6) is 1.15. The van der Waals surface area contributed by atoms with Crippen molar-refractivity contribution in [3.05, 3.63) is 101 Å². The number of rotatable bonds is 8. The highest BCUT2D eigenvalue weighted by atomic mass is 35.5. The highest BCUT2D eigenvalue weighted by molar-refractivity contribution is 6.30. The molecule has 154 valence electrons. The van der Waals surface area contributed by atoms with Gasteiger partial charge < -0.3 is 10.6 Å². The van der Waals surface area contributed by atoms with Gasteiger partial charge in [0.2, 0.25) is 17.8 Å². The molecule has 0 saturated carbocycles. The van der Waals surface area contributed by atoms with E-state index in [1.54, 1.807) is 18.3 Å². The standard InChI is InChI=1S/C23H20ClN7/c24-19-13-11-18(12-14-19)16-26-31-23-29-21(25-15-17-7-3-1-4-8-17)28-22(30-23)27-20-9-5-2-6-10-20/h1-14,16H,15H2,(H3,25,27,28,29,30,31)/b26-16-. The summed E-state index contributed by atoms with van der Waals surface area (Å²) in [6, 6.07) is 27.1. The Morgan fingerprint density at radius 2 is 1.39 bits per heavy atom. The average Bonchev–Trinajstić information content (AvgIpc) is 2.80. The van der Waals surface area contributed by atoms with E-state index in [1.807, 2.05) is 72.8 Å². The lowest BCUT2D eigenvalue weighted by atomic mass is 10.2. The van der Waals surface area contributed by atoms with Crippen LogP contribution in [0.15, 0.2) is 90.0 Å². The van der Waals surface area contributed by atoms with Crippen LogP contribution in [0.25, 0.3) is 0 Å². The molecule has 0 bridgehead atoms. The summed E-state index contributed by atoms with van der Waals surface area (Å²) in [6.07, 6.45) is 1.67. The van der Waals surface area contributed by atoms with E-state index in [4.69, 9.17) is 11.6 Å². The predicted molar refractivity (Wildman–Crippen MR) is 126 cm³/mol. The fraction of sp³-hybridized carbons (Fsp3) is 0.0435. The number of hydrogen-bond acceptors (Lipinski definition) is 7. The van der Waals surface area contributed by atoms with Crippen molar-refractivity contribution in [1.82, 2.24) is 15.0 Å². The van der Waals surface area contributed by atoms with Gasteiger partial charge in [-0.05, 0) is 35.4 Å². The first-order chi connectivity index (χ1) is 15.2. The Morgan fingerprint density at radius 1 is 0.742 bits per heavy atom. The van der Waals surface area contributed by atoms with Gasteiger partial charge in [-0.2, -0.15) is 20.1 Å². The summed E-state index contributed by atoms with van der Waals surface area (Å²) in [6.45, 7) is 0.586. The monoisotopic (exact) mass is 429 g/mol. The van der Waals surface area contributed by atoms with E-state index in [-0.39, 0.29) is 0 Å². The smallest absolute Gasteiger partial charge is 0.250 e. The summed E-state index contributed by atoms with van der Waals surface area (Å²) in [4.78, 5) is 13.3. The van der Waals surface area contributed by atoms with Crippen LogP contribution in [0.3, 0.4) is 0 Å². The van der Waals surface area contributed by atoms with Gasteiger partial charge >= 0.3 is 0 Å². The first-order valence-electron chi connectivity index (χ1n) is 9.65. The Hall–Kier alpha value is -3.97. The van der Waals surface area contributed by atoms with Crippen LogP contribution in [0, 0.1) is 0 Å². The zero-order chi connectivity index (χ0) is 21.3. The molecule has 3 aromatic carbocycles. The van der Waals surface area contributed by atoms with E-state index in [1.165, 1.54) is 0 Å². The minimum absolute atomic E-state index is 0.314. The third-order valence-electron chi connectivity index (χ3n) is 4.21. The fourth-order valence-electron chi connectivity index (χ4n) is 2.70. The lowest BCUT2D eigenvalue weighted by Crippen LogP contribution is -2.09. The SMILES string of the molecule is Clc1ccc(/C=N\Nc2nc(NCc3ccccc3)nc(Nc3ccccc3)n2)cc1. The molecule has 0 aliphatic carbocycles. The second-order valence-corrected chi connectivity index (χ2v) is 6.99. The number of anilines is 4. The minimum atomic E-state index is 0.314. The van der Waals surface area contributed by atoms with Gasteiger partial charge in [0.15, 0.2) is 0 Å². The fourth-order valence-corrected chi connectivity index (χ4v) is 2.83. The molecule has 3 N–H and O–H groups in total. The van der Waals surface area contributed by atoms with Crippen LogP contribution in [-0.2, 0) is 6.54 Å². The lowest BCUT2D eigenvalue weighted by molar-refractivity contribution is 0.999. The highest BCUT2D eigenvalue weighted by Gasteiger charge is 2.07. The molecule has 8 heteroatoms. The van der Waals surface area contributed by atoms with Crippen LogP contribution in [0.4, 0.5) is 23.5 Å². The second kappa shape index (κ2) is 10.2. The molecule has 0 radical (unpaired) electrons. The molecular formula is C23H20ClN7. The Balaban J connectivity index is 1.52. The third kappa shape index (κ3) is 6.25. The van der Waals surface area contributed by atoms with E-state index in [2.05, 4.69) is 36.1 Å². The number of benzene rings is 3. The Bertz CT molecular complexity index is 1130. The summed E-state index contributed by atoms with van der Waals surface area (Å²) < 4.78 is 0. The van der Waals surface area contributed by atoms with Gasteiger partial charge in [0.05, 0.1) is 6.21 Å². The molecule has 7 nitrogen and oxygen atoms in total. The third-order valence-corrected chi connectivity index (χ3v) is 4.46. The molecule has 4 rings (SSSR count). The van der Waals surface area contributed by atoms with Gasteiger partial charge in [-0.3, -0.25) is 0 Å². The summed E-state index contributed by atoms with van der Waals surface area (Å²) >= 11 is 5.92. The van der Waals surface area contributed by atoms with E-state index < -0.39 is 0 Å². The summed E-state index contributed by atoms with van der Waals surface area (Å²) in [5.41, 5.74) is 5.76. The highest BCUT2D eigenvalue weighted by Crippen LogP contribution is 2.16. The maximum absolute atomic E-state index is 5.92. The average molecular weight is 430 g/mol. The topological polar surface area (TPSA) is 87.1 Å². The summed E-state index contributed by atoms with van der Waals surface area (Å²) in [5, 5.41) is 11.3. The number of halogens is 1. The van der Waals surface area contributed by atoms with Crippen molar-refractivity contribution < 1.29 is 0 Å². The van der Waals surface area contributed by atoms with Crippen molar-refractivity contribution in [3.63, 3.8) is 0 Å². The molecule has 0 unspecified atom stereocenters. The van der Waals surface area contributed by atoms with Crippen LogP contribution < -0.4 is 16.1 Å². The van der Waals surface area contributed by atoms with Gasteiger partial charge in [-0.25, -0.2) is 5.43 Å². The Morgan fingerprint density at radius 3 is 2.13 bits per heavy atom. The van der Waals surface area contributed by atoms with Crippen LogP contribution in [0.5, 0.6) is 0 Å². The second-order valence-electron chi connectivity index (χ2n) is 6.56. The predicted octanol–water partition coefficient (Wildman–Crippen LogP) is 5.33. The van der Waals surface area contributed by atoms with Gasteiger partial charge in [-0.15, -0.1) is 0 Å². The molecule has 1 aromatic heterocycles. The maximum atomic E-state index is 5.92. The first-order valence-corrected chi connectivity index (χ1v) is 10.0. The van der Waals surface area contributed by atoms with Crippen molar-refractivity contribution in [3.8, 4) is 0 Å². The van der Waals surface area contributed by atoms with Crippen molar-refractivity contribution in [1.29, 1.82) is 0 Å². The quantitative estimate of drug-likeness (QED) is 0.259. The number of aromatic nitrogens is 3. The largest absolute Gasteiger partial charge is 0.350 e. The number of hydrazone groups is 1. The number of hydrogen-bond donors (Lipinski definition) is 3. The lowest BCUT2D eigenvalue weighted by Gasteiger charge is -2.10. The maximum Gasteiger partial charge on any atom is 0.250 e. The molecule has 0 amide bonds. The van der Waals surface area contributed by atoms with Crippen molar-refractivity contribution in [2.24, 2.45) is 5.10 Å². The molecular weight excluding hydrogens is 410 g/mol. The van der Waals surface area contributed by atoms with Crippen LogP contribution >= 0.6 is 11.6 Å². The van der Waals surface area contributed by atoms with Crippen LogP contribution in [0.2, 0.25) is 5.02 Å². The molecule has 0 aliphatic heterocycles. The zero-order valence-corrected chi connectivity index (χ0v) is 17.3. The van der Waals surface area contributed by atoms with Crippen molar-refractivity contribution in [2.45, 2.75) is 6.54 Å². The Labute approximate surface area is 185 Å². The molecule has 1 heterocycles.